The first-order valence-electron chi connectivity index (χ1n) is 6.06. The minimum atomic E-state index is -0.215. The van der Waals surface area contributed by atoms with Gasteiger partial charge >= 0.3 is 0 Å². The summed E-state index contributed by atoms with van der Waals surface area (Å²) in [5.41, 5.74) is 1.47. The monoisotopic (exact) mass is 268 g/mol. The van der Waals surface area contributed by atoms with Crippen molar-refractivity contribution >= 4 is 28.6 Å². The van der Waals surface area contributed by atoms with Crippen LogP contribution in [0.15, 0.2) is 42.7 Å². The predicted octanol–water partition coefficient (Wildman–Crippen LogP) is 1.40. The van der Waals surface area contributed by atoms with Crippen LogP contribution >= 0.6 is 0 Å². The normalized spacial score (nSPS) is 10.4. The van der Waals surface area contributed by atoms with Gasteiger partial charge in [0.25, 0.3) is 0 Å². The molecule has 1 aromatic carbocycles. The third-order valence-electron chi connectivity index (χ3n) is 2.67. The molecule has 3 aromatic rings. The topological polar surface area (TPSA) is 95.6 Å². The molecule has 1 amide bonds. The average Bonchev–Trinajstić information content (AvgIpc) is 2.94. The summed E-state index contributed by atoms with van der Waals surface area (Å²) < 4.78 is 0. The Kier molecular flexibility index (Phi) is 3.24. The summed E-state index contributed by atoms with van der Waals surface area (Å²) in [5, 5.41) is 13.0. The van der Waals surface area contributed by atoms with Gasteiger partial charge in [0, 0.05) is 11.9 Å². The molecule has 20 heavy (non-hydrogen) atoms. The number of carbonyl (C=O) groups excluding carboxylic acids is 1. The van der Waals surface area contributed by atoms with E-state index in [-0.39, 0.29) is 18.4 Å². The maximum atomic E-state index is 11.8. The van der Waals surface area contributed by atoms with Crippen LogP contribution in [0, 0.1) is 0 Å². The number of amides is 1. The largest absolute Gasteiger partial charge is 0.376 e. The van der Waals surface area contributed by atoms with E-state index in [1.165, 1.54) is 0 Å². The van der Waals surface area contributed by atoms with Crippen molar-refractivity contribution in [3.8, 4) is 0 Å². The number of carbonyl (C=O) groups is 1. The molecule has 0 bridgehead atoms. The third kappa shape index (κ3) is 2.72. The Morgan fingerprint density at radius 2 is 2.05 bits per heavy atom. The van der Waals surface area contributed by atoms with Gasteiger partial charge in [0.1, 0.15) is 0 Å². The van der Waals surface area contributed by atoms with E-state index >= 15 is 0 Å². The molecule has 0 saturated heterocycles. The molecule has 3 rings (SSSR count). The minimum absolute atomic E-state index is 0.147. The number of H-pyrrole nitrogens is 1. The van der Waals surface area contributed by atoms with E-state index in [0.29, 0.717) is 5.65 Å². The van der Waals surface area contributed by atoms with E-state index in [1.54, 1.807) is 12.4 Å². The second-order valence-corrected chi connectivity index (χ2v) is 4.14. The van der Waals surface area contributed by atoms with Crippen molar-refractivity contribution in [3.63, 3.8) is 0 Å². The fourth-order valence-electron chi connectivity index (χ4n) is 1.71. The summed E-state index contributed by atoms with van der Waals surface area (Å²) in [6.45, 7) is 0.147. The van der Waals surface area contributed by atoms with Crippen LogP contribution in [0.2, 0.25) is 0 Å². The molecule has 0 aliphatic heterocycles. The third-order valence-corrected chi connectivity index (χ3v) is 2.67. The van der Waals surface area contributed by atoms with Crippen molar-refractivity contribution < 1.29 is 4.79 Å². The van der Waals surface area contributed by atoms with Crippen molar-refractivity contribution in [3.05, 3.63) is 42.7 Å². The van der Waals surface area contributed by atoms with Crippen molar-refractivity contribution in [2.75, 3.05) is 17.2 Å². The van der Waals surface area contributed by atoms with Gasteiger partial charge < -0.3 is 5.32 Å². The van der Waals surface area contributed by atoms with Crippen LogP contribution < -0.4 is 10.6 Å². The summed E-state index contributed by atoms with van der Waals surface area (Å²) in [7, 11) is 0. The number of fused-ring (bicyclic) bond motifs is 1. The zero-order valence-corrected chi connectivity index (χ0v) is 10.5. The minimum Gasteiger partial charge on any atom is -0.376 e. The van der Waals surface area contributed by atoms with Gasteiger partial charge in [-0.2, -0.15) is 10.1 Å². The molecule has 2 aromatic heterocycles. The molecule has 3 N–H and O–H groups in total. The SMILES string of the molecule is O=C(CNc1ccccc1)Nc1ncc2cn[nH]c2n1. The Bertz CT molecular complexity index is 724. The van der Waals surface area contributed by atoms with Crippen LogP contribution in [0.3, 0.4) is 0 Å². The van der Waals surface area contributed by atoms with Gasteiger partial charge in [-0.15, -0.1) is 0 Å². The smallest absolute Gasteiger partial charge is 0.246 e. The van der Waals surface area contributed by atoms with E-state index in [4.69, 9.17) is 0 Å². The number of aromatic amines is 1. The lowest BCUT2D eigenvalue weighted by Crippen LogP contribution is -2.22. The van der Waals surface area contributed by atoms with Gasteiger partial charge in [-0.25, -0.2) is 4.98 Å². The summed E-state index contributed by atoms with van der Waals surface area (Å²) in [5.74, 6) is 0.0364. The highest BCUT2D eigenvalue weighted by Crippen LogP contribution is 2.08. The number of aromatic nitrogens is 4. The second-order valence-electron chi connectivity index (χ2n) is 4.14. The molecule has 0 radical (unpaired) electrons. The fourth-order valence-corrected chi connectivity index (χ4v) is 1.71. The van der Waals surface area contributed by atoms with Gasteiger partial charge in [0.05, 0.1) is 18.1 Å². The molecule has 0 aliphatic carbocycles. The number of hydrogen-bond acceptors (Lipinski definition) is 5. The second kappa shape index (κ2) is 5.35. The number of nitrogens with one attached hydrogen (secondary N) is 3. The summed E-state index contributed by atoms with van der Waals surface area (Å²) in [6, 6.07) is 9.49. The standard InChI is InChI=1S/C13H12N6O/c20-11(8-14-10-4-2-1-3-5-10)17-13-15-6-9-7-16-19-12(9)18-13/h1-7,14H,8H2,(H2,15,16,17,18,19,20). The van der Waals surface area contributed by atoms with Gasteiger partial charge in [0.15, 0.2) is 5.65 Å². The molecular weight excluding hydrogens is 256 g/mol. The first kappa shape index (κ1) is 12.1. The molecule has 0 aliphatic rings. The molecule has 0 spiro atoms. The van der Waals surface area contributed by atoms with Crippen LogP contribution in [-0.2, 0) is 4.79 Å². The van der Waals surface area contributed by atoms with Crippen molar-refractivity contribution in [2.45, 2.75) is 0 Å². The molecule has 0 fully saturated rings. The first-order valence-corrected chi connectivity index (χ1v) is 6.06. The number of para-hydroxylation sites is 1. The Morgan fingerprint density at radius 1 is 1.20 bits per heavy atom. The van der Waals surface area contributed by atoms with Crippen LogP contribution in [0.25, 0.3) is 11.0 Å². The highest BCUT2D eigenvalue weighted by molar-refractivity contribution is 5.92. The predicted molar refractivity (Wildman–Crippen MR) is 75.2 cm³/mol. The summed E-state index contributed by atoms with van der Waals surface area (Å²) >= 11 is 0. The van der Waals surface area contributed by atoms with Crippen LogP contribution in [0.1, 0.15) is 0 Å². The van der Waals surface area contributed by atoms with E-state index in [0.717, 1.165) is 11.1 Å². The van der Waals surface area contributed by atoms with Gasteiger partial charge in [-0.05, 0) is 12.1 Å². The van der Waals surface area contributed by atoms with Gasteiger partial charge in [0.2, 0.25) is 11.9 Å². The Morgan fingerprint density at radius 3 is 2.90 bits per heavy atom. The summed E-state index contributed by atoms with van der Waals surface area (Å²) in [6.07, 6.45) is 3.23. The molecule has 7 heteroatoms. The molecular formula is C13H12N6O. The van der Waals surface area contributed by atoms with E-state index < -0.39 is 0 Å². The van der Waals surface area contributed by atoms with E-state index in [9.17, 15) is 4.79 Å². The van der Waals surface area contributed by atoms with Crippen LogP contribution in [0.4, 0.5) is 11.6 Å². The lowest BCUT2D eigenvalue weighted by molar-refractivity contribution is -0.114. The highest BCUT2D eigenvalue weighted by atomic mass is 16.2. The zero-order chi connectivity index (χ0) is 13.8. The average molecular weight is 268 g/mol. The Labute approximate surface area is 114 Å². The van der Waals surface area contributed by atoms with E-state index in [2.05, 4.69) is 30.8 Å². The number of rotatable bonds is 4. The molecule has 0 atom stereocenters. The molecule has 0 saturated carbocycles. The van der Waals surface area contributed by atoms with Crippen molar-refractivity contribution in [1.82, 2.24) is 20.2 Å². The first-order chi connectivity index (χ1) is 9.81. The van der Waals surface area contributed by atoms with Crippen LogP contribution in [0.5, 0.6) is 0 Å². The van der Waals surface area contributed by atoms with Crippen LogP contribution in [-0.4, -0.2) is 32.6 Å². The lowest BCUT2D eigenvalue weighted by Gasteiger charge is -2.06. The number of benzene rings is 1. The molecule has 7 nitrogen and oxygen atoms in total. The summed E-state index contributed by atoms with van der Waals surface area (Å²) in [4.78, 5) is 20.0. The van der Waals surface area contributed by atoms with Crippen molar-refractivity contribution in [2.24, 2.45) is 0 Å². The fraction of sp³-hybridized carbons (Fsp3) is 0.0769. The maximum absolute atomic E-state index is 11.8. The Hall–Kier alpha value is -2.96. The van der Waals surface area contributed by atoms with E-state index in [1.807, 2.05) is 30.3 Å². The Balaban J connectivity index is 1.61. The number of anilines is 2. The molecule has 0 unspecified atom stereocenters. The van der Waals surface area contributed by atoms with Gasteiger partial charge in [-0.1, -0.05) is 18.2 Å². The maximum Gasteiger partial charge on any atom is 0.246 e. The highest BCUT2D eigenvalue weighted by Gasteiger charge is 2.06. The molecule has 100 valence electrons. The zero-order valence-electron chi connectivity index (χ0n) is 10.5. The lowest BCUT2D eigenvalue weighted by atomic mass is 10.3. The number of nitrogens with zero attached hydrogens (tertiary/aromatic N) is 3. The number of hydrogen-bond donors (Lipinski definition) is 3. The quantitative estimate of drug-likeness (QED) is 0.664. The van der Waals surface area contributed by atoms with Crippen molar-refractivity contribution in [1.29, 1.82) is 0 Å². The van der Waals surface area contributed by atoms with Gasteiger partial charge in [-0.3, -0.25) is 15.2 Å². The molecule has 2 heterocycles.